The van der Waals surface area contributed by atoms with Gasteiger partial charge in [0.25, 0.3) is 0 Å². The van der Waals surface area contributed by atoms with Crippen molar-refractivity contribution in [1.29, 1.82) is 0 Å². The van der Waals surface area contributed by atoms with E-state index in [9.17, 15) is 0 Å². The van der Waals surface area contributed by atoms with Crippen molar-refractivity contribution in [3.05, 3.63) is 21.0 Å². The summed E-state index contributed by atoms with van der Waals surface area (Å²) in [4.78, 5) is 8.15. The molecule has 0 rings (SSSR count). The van der Waals surface area contributed by atoms with Crippen LogP contribution in [0.15, 0.2) is 31.0 Å². The summed E-state index contributed by atoms with van der Waals surface area (Å²) in [7, 11) is 1.65. The first kappa shape index (κ1) is 13.4. The van der Waals surface area contributed by atoms with Crippen molar-refractivity contribution in [1.82, 2.24) is 0 Å². The maximum atomic E-state index is 8.77. The highest BCUT2D eigenvalue weighted by molar-refractivity contribution is 8.06. The van der Waals surface area contributed by atoms with Crippen molar-refractivity contribution < 1.29 is 5.11 Å². The molecule has 0 heterocycles. The molecule has 0 aliphatic carbocycles. The normalized spacial score (nSPS) is 14.4. The Morgan fingerprint density at radius 2 is 2.29 bits per heavy atom. The number of allylic oxidation sites excluding steroid dienone is 1. The fourth-order valence-electron chi connectivity index (χ4n) is 0.529. The average Bonchev–Trinajstić information content (AvgIpc) is 2.22. The number of hydrogen-bond acceptors (Lipinski definition) is 4. The van der Waals surface area contributed by atoms with Gasteiger partial charge in [-0.05, 0) is 24.6 Å². The molecule has 0 spiro atoms. The van der Waals surface area contributed by atoms with Crippen molar-refractivity contribution in [3.63, 3.8) is 0 Å². The van der Waals surface area contributed by atoms with Gasteiger partial charge in [0, 0.05) is 13.3 Å². The van der Waals surface area contributed by atoms with Crippen LogP contribution in [-0.2, 0) is 0 Å². The second-order valence-corrected chi connectivity index (χ2v) is 3.71. The second-order valence-electron chi connectivity index (χ2n) is 2.44. The predicted molar refractivity (Wildman–Crippen MR) is 65.3 cm³/mol. The van der Waals surface area contributed by atoms with Gasteiger partial charge in [-0.15, -0.1) is 0 Å². The number of nitrogens with zero attached hydrogens (tertiary/aromatic N) is 2. The summed E-state index contributed by atoms with van der Waals surface area (Å²) in [5, 5.41) is 10.9. The van der Waals surface area contributed by atoms with Gasteiger partial charge in [0.1, 0.15) is 5.16 Å². The lowest BCUT2D eigenvalue weighted by atomic mass is 10.4. The largest absolute Gasteiger partial charge is 0.392 e. The maximum Gasteiger partial charge on any atom is 0.143 e. The van der Waals surface area contributed by atoms with E-state index in [0.717, 1.165) is 5.57 Å². The minimum Gasteiger partial charge on any atom is -0.392 e. The Kier molecular flexibility index (Phi) is 7.47. The number of aliphatic hydroxyl groups excluding tert-OH is 1. The van der Waals surface area contributed by atoms with E-state index in [1.165, 1.54) is 11.8 Å². The molecule has 0 aliphatic heterocycles. The molecule has 0 fully saturated rings. The zero-order chi connectivity index (χ0) is 11.0. The molecule has 0 radical (unpaired) electrons. The Labute approximate surface area is 93.3 Å². The Morgan fingerprint density at radius 3 is 2.71 bits per heavy atom. The minimum absolute atomic E-state index is 0.0304. The summed E-state index contributed by atoms with van der Waals surface area (Å²) in [5.41, 5.74) is 0.852. The molecule has 0 aromatic rings. The average molecular weight is 233 g/mol. The Balaban J connectivity index is 4.64. The Hall–Kier alpha value is -0.580. The summed E-state index contributed by atoms with van der Waals surface area (Å²) >= 11 is 7.14. The second kappa shape index (κ2) is 7.79. The predicted octanol–water partition coefficient (Wildman–Crippen LogP) is 2.42. The van der Waals surface area contributed by atoms with E-state index < -0.39 is 0 Å². The molecule has 78 valence electrons. The van der Waals surface area contributed by atoms with Crippen LogP contribution in [0.2, 0.25) is 0 Å². The third-order valence-electron chi connectivity index (χ3n) is 1.22. The number of aliphatic imine (C=N–C) groups is 2. The van der Waals surface area contributed by atoms with E-state index in [-0.39, 0.29) is 6.61 Å². The number of hydrogen-bond donors (Lipinski definition) is 1. The first-order valence-electron chi connectivity index (χ1n) is 3.87. The first-order valence-corrected chi connectivity index (χ1v) is 5.13. The molecule has 0 amide bonds. The zero-order valence-corrected chi connectivity index (χ0v) is 9.77. The van der Waals surface area contributed by atoms with Crippen LogP contribution in [0.5, 0.6) is 0 Å². The van der Waals surface area contributed by atoms with Gasteiger partial charge in [0.05, 0.1) is 11.5 Å². The topological polar surface area (TPSA) is 45.0 Å². The van der Waals surface area contributed by atoms with E-state index in [1.54, 1.807) is 18.7 Å². The van der Waals surface area contributed by atoms with Gasteiger partial charge in [-0.1, -0.05) is 23.4 Å². The van der Waals surface area contributed by atoms with E-state index in [2.05, 4.69) is 16.7 Å². The van der Waals surface area contributed by atoms with Crippen LogP contribution in [0.25, 0.3) is 0 Å². The van der Waals surface area contributed by atoms with E-state index in [1.807, 2.05) is 6.92 Å². The van der Waals surface area contributed by atoms with Gasteiger partial charge >= 0.3 is 0 Å². The molecule has 0 saturated heterocycles. The van der Waals surface area contributed by atoms with Crippen LogP contribution in [0.4, 0.5) is 0 Å². The molecular formula is C9H13ClN2OS. The molecule has 3 nitrogen and oxygen atoms in total. The summed E-state index contributed by atoms with van der Waals surface area (Å²) in [5.74, 6) is 0. The van der Waals surface area contributed by atoms with Gasteiger partial charge in [-0.2, -0.15) is 0 Å². The van der Waals surface area contributed by atoms with Crippen molar-refractivity contribution in [3.8, 4) is 0 Å². The minimum atomic E-state index is 0.0304. The summed E-state index contributed by atoms with van der Waals surface area (Å²) in [6, 6.07) is 0. The molecule has 0 aromatic heterocycles. The van der Waals surface area contributed by atoms with Crippen LogP contribution in [0.1, 0.15) is 6.92 Å². The van der Waals surface area contributed by atoms with E-state index in [4.69, 9.17) is 16.7 Å². The lowest BCUT2D eigenvalue weighted by molar-refractivity contribution is 0.332. The first-order chi connectivity index (χ1) is 6.65. The molecule has 0 bridgehead atoms. The standard InChI is InChI=1S/C9H13ClN2OS/c1-7(5-13)6-14-8(4-11-2)9(10)12-3/h4,6,13H,3,5H2,1-2H3/b7-6+,9-8+,11-4?. The van der Waals surface area contributed by atoms with Crippen LogP contribution in [0.3, 0.4) is 0 Å². The zero-order valence-electron chi connectivity index (χ0n) is 8.20. The lowest BCUT2D eigenvalue weighted by Crippen LogP contribution is -1.84. The molecule has 5 heteroatoms. The van der Waals surface area contributed by atoms with Crippen LogP contribution in [-0.4, -0.2) is 31.7 Å². The van der Waals surface area contributed by atoms with Gasteiger partial charge < -0.3 is 5.11 Å². The molecule has 0 aromatic carbocycles. The third-order valence-corrected chi connectivity index (χ3v) is 2.73. The highest BCUT2D eigenvalue weighted by atomic mass is 35.5. The number of rotatable bonds is 5. The van der Waals surface area contributed by atoms with Gasteiger partial charge in [0.2, 0.25) is 0 Å². The third kappa shape index (κ3) is 5.21. The fourth-order valence-corrected chi connectivity index (χ4v) is 1.44. The summed E-state index contributed by atoms with van der Waals surface area (Å²) < 4.78 is 0. The fraction of sp³-hybridized carbons (Fsp3) is 0.333. The van der Waals surface area contributed by atoms with Gasteiger partial charge in [-0.25, -0.2) is 0 Å². The highest BCUT2D eigenvalue weighted by Gasteiger charge is 1.99. The molecule has 0 aliphatic rings. The summed E-state index contributed by atoms with van der Waals surface area (Å²) in [6.07, 6.45) is 1.60. The number of aliphatic hydroxyl groups is 1. The molecule has 0 saturated carbocycles. The van der Waals surface area contributed by atoms with Gasteiger partial charge in [0.15, 0.2) is 0 Å². The van der Waals surface area contributed by atoms with Crippen LogP contribution in [0, 0.1) is 0 Å². The lowest BCUT2D eigenvalue weighted by Gasteiger charge is -1.99. The van der Waals surface area contributed by atoms with E-state index in [0.29, 0.717) is 10.1 Å². The van der Waals surface area contributed by atoms with Crippen LogP contribution >= 0.6 is 23.4 Å². The Morgan fingerprint density at radius 1 is 1.64 bits per heavy atom. The summed E-state index contributed by atoms with van der Waals surface area (Å²) in [6.45, 7) is 5.18. The molecule has 0 unspecified atom stereocenters. The molecular weight excluding hydrogens is 220 g/mol. The van der Waals surface area contributed by atoms with E-state index >= 15 is 0 Å². The van der Waals surface area contributed by atoms with Crippen molar-refractivity contribution in [2.24, 2.45) is 9.98 Å². The van der Waals surface area contributed by atoms with Gasteiger partial charge in [-0.3, -0.25) is 9.98 Å². The molecule has 1 N–H and O–H groups in total. The molecule has 0 atom stereocenters. The Bertz CT molecular complexity index is 285. The number of thioether (sulfide) groups is 1. The highest BCUT2D eigenvalue weighted by Crippen LogP contribution is 2.23. The maximum absolute atomic E-state index is 8.77. The quantitative estimate of drug-likeness (QED) is 0.585. The number of halogens is 1. The van der Waals surface area contributed by atoms with Crippen molar-refractivity contribution >= 4 is 36.3 Å². The van der Waals surface area contributed by atoms with Crippen molar-refractivity contribution in [2.75, 3.05) is 13.7 Å². The smallest absolute Gasteiger partial charge is 0.143 e. The van der Waals surface area contributed by atoms with Crippen molar-refractivity contribution in [2.45, 2.75) is 6.92 Å². The SMILES string of the molecule is C=N/C(Cl)=C(\C=NC)S/C=C(\C)CO. The van der Waals surface area contributed by atoms with Crippen LogP contribution < -0.4 is 0 Å². The monoisotopic (exact) mass is 232 g/mol. The molecule has 14 heavy (non-hydrogen) atoms.